The van der Waals surface area contributed by atoms with E-state index in [2.05, 4.69) is 9.97 Å². The van der Waals surface area contributed by atoms with E-state index in [1.54, 1.807) is 12.1 Å². The predicted octanol–water partition coefficient (Wildman–Crippen LogP) is 2.14. The summed E-state index contributed by atoms with van der Waals surface area (Å²) in [5, 5.41) is 0. The van der Waals surface area contributed by atoms with E-state index in [1.165, 1.54) is 18.2 Å². The fourth-order valence-electron chi connectivity index (χ4n) is 1.43. The first-order valence-corrected chi connectivity index (χ1v) is 5.05. The first kappa shape index (κ1) is 10.5. The van der Waals surface area contributed by atoms with E-state index in [4.69, 9.17) is 0 Å². The van der Waals surface area contributed by atoms with Crippen molar-refractivity contribution in [2.45, 2.75) is 13.3 Å². The van der Waals surface area contributed by atoms with Gasteiger partial charge in [-0.05, 0) is 30.7 Å². The summed E-state index contributed by atoms with van der Waals surface area (Å²) in [6.45, 7) is 1.93. The van der Waals surface area contributed by atoms with Crippen molar-refractivity contribution in [1.82, 2.24) is 9.97 Å². The molecule has 0 saturated carbocycles. The van der Waals surface area contributed by atoms with Crippen molar-refractivity contribution < 1.29 is 4.39 Å². The highest BCUT2D eigenvalue weighted by Crippen LogP contribution is 2.14. The van der Waals surface area contributed by atoms with Gasteiger partial charge in [0.2, 0.25) is 0 Å². The van der Waals surface area contributed by atoms with E-state index in [1.807, 2.05) is 6.92 Å². The normalized spacial score (nSPS) is 10.4. The summed E-state index contributed by atoms with van der Waals surface area (Å²) in [6, 6.07) is 7.33. The molecule has 3 nitrogen and oxygen atoms in total. The Morgan fingerprint density at radius 2 is 2.00 bits per heavy atom. The van der Waals surface area contributed by atoms with Gasteiger partial charge in [0.05, 0.1) is 0 Å². The standard InChI is InChI=1S/C12H11FN2O/c1-2-10-7-11(16)15-12(14-10)8-3-5-9(13)6-4-8/h3-7H,2H2,1H3,(H,14,15,16). The molecule has 2 rings (SSSR count). The van der Waals surface area contributed by atoms with Crippen LogP contribution in [0.3, 0.4) is 0 Å². The third kappa shape index (κ3) is 2.16. The molecular formula is C12H11FN2O. The van der Waals surface area contributed by atoms with Crippen molar-refractivity contribution in [2.75, 3.05) is 0 Å². The Hall–Kier alpha value is -1.97. The number of nitrogens with zero attached hydrogens (tertiary/aromatic N) is 1. The van der Waals surface area contributed by atoms with Gasteiger partial charge in [-0.2, -0.15) is 0 Å². The number of hydrogen-bond donors (Lipinski definition) is 1. The van der Waals surface area contributed by atoms with E-state index in [0.29, 0.717) is 17.8 Å². The van der Waals surface area contributed by atoms with E-state index in [9.17, 15) is 9.18 Å². The lowest BCUT2D eigenvalue weighted by molar-refractivity contribution is 0.628. The highest BCUT2D eigenvalue weighted by atomic mass is 19.1. The fraction of sp³-hybridized carbons (Fsp3) is 0.167. The Labute approximate surface area is 92.0 Å². The maximum Gasteiger partial charge on any atom is 0.251 e. The molecule has 1 aromatic carbocycles. The molecule has 82 valence electrons. The minimum Gasteiger partial charge on any atom is -0.307 e. The maximum absolute atomic E-state index is 12.7. The third-order valence-corrected chi connectivity index (χ3v) is 2.27. The molecule has 0 aliphatic heterocycles. The summed E-state index contributed by atoms with van der Waals surface area (Å²) >= 11 is 0. The zero-order valence-corrected chi connectivity index (χ0v) is 8.83. The molecule has 1 heterocycles. The van der Waals surface area contributed by atoms with Gasteiger partial charge in [-0.15, -0.1) is 0 Å². The summed E-state index contributed by atoms with van der Waals surface area (Å²) in [5.74, 6) is 0.169. The minimum absolute atomic E-state index is 0.189. The van der Waals surface area contributed by atoms with Gasteiger partial charge >= 0.3 is 0 Å². The van der Waals surface area contributed by atoms with Crippen molar-refractivity contribution in [2.24, 2.45) is 0 Å². The van der Waals surface area contributed by atoms with Crippen LogP contribution in [-0.4, -0.2) is 9.97 Å². The van der Waals surface area contributed by atoms with E-state index in [-0.39, 0.29) is 11.4 Å². The number of benzene rings is 1. The topological polar surface area (TPSA) is 45.8 Å². The van der Waals surface area contributed by atoms with Gasteiger partial charge in [-0.1, -0.05) is 6.92 Å². The lowest BCUT2D eigenvalue weighted by atomic mass is 10.2. The highest BCUT2D eigenvalue weighted by Gasteiger charge is 2.03. The molecular weight excluding hydrogens is 207 g/mol. The molecule has 1 aromatic heterocycles. The molecule has 0 bridgehead atoms. The molecule has 0 aliphatic rings. The molecule has 0 spiro atoms. The average Bonchev–Trinajstić information content (AvgIpc) is 2.29. The number of aryl methyl sites for hydroxylation is 1. The summed E-state index contributed by atoms with van der Waals surface area (Å²) in [7, 11) is 0. The molecule has 0 fully saturated rings. The Morgan fingerprint density at radius 1 is 1.31 bits per heavy atom. The minimum atomic E-state index is -0.308. The molecule has 2 aromatic rings. The number of hydrogen-bond acceptors (Lipinski definition) is 2. The van der Waals surface area contributed by atoms with Gasteiger partial charge in [0.1, 0.15) is 11.6 Å². The van der Waals surface area contributed by atoms with Gasteiger partial charge in [0.15, 0.2) is 0 Å². The molecule has 0 amide bonds. The van der Waals surface area contributed by atoms with Gasteiger partial charge < -0.3 is 4.98 Å². The highest BCUT2D eigenvalue weighted by molar-refractivity contribution is 5.54. The fourth-order valence-corrected chi connectivity index (χ4v) is 1.43. The lowest BCUT2D eigenvalue weighted by Crippen LogP contribution is -2.09. The zero-order valence-electron chi connectivity index (χ0n) is 8.83. The average molecular weight is 218 g/mol. The van der Waals surface area contributed by atoms with Crippen molar-refractivity contribution in [1.29, 1.82) is 0 Å². The number of aromatic amines is 1. The summed E-state index contributed by atoms with van der Waals surface area (Å²) in [6.07, 6.45) is 0.693. The molecule has 0 saturated heterocycles. The molecule has 0 radical (unpaired) electrons. The first-order chi connectivity index (χ1) is 7.69. The van der Waals surface area contributed by atoms with Crippen LogP contribution >= 0.6 is 0 Å². The second kappa shape index (κ2) is 4.26. The Bertz CT molecular complexity index is 546. The maximum atomic E-state index is 12.7. The Kier molecular flexibility index (Phi) is 2.81. The van der Waals surface area contributed by atoms with Crippen LogP contribution in [0.2, 0.25) is 0 Å². The number of nitrogens with one attached hydrogen (secondary N) is 1. The summed E-state index contributed by atoms with van der Waals surface area (Å²) in [5.41, 5.74) is 1.24. The molecule has 16 heavy (non-hydrogen) atoms. The molecule has 0 aliphatic carbocycles. The van der Waals surface area contributed by atoms with Crippen LogP contribution < -0.4 is 5.56 Å². The van der Waals surface area contributed by atoms with Crippen molar-refractivity contribution in [3.05, 3.63) is 52.2 Å². The number of rotatable bonds is 2. The smallest absolute Gasteiger partial charge is 0.251 e. The third-order valence-electron chi connectivity index (χ3n) is 2.27. The van der Waals surface area contributed by atoms with E-state index >= 15 is 0 Å². The van der Waals surface area contributed by atoms with Crippen molar-refractivity contribution in [3.63, 3.8) is 0 Å². The van der Waals surface area contributed by atoms with Gasteiger partial charge in [-0.25, -0.2) is 9.37 Å². The second-order valence-corrected chi connectivity index (χ2v) is 3.45. The monoisotopic (exact) mass is 218 g/mol. The van der Waals surface area contributed by atoms with Crippen LogP contribution in [0.4, 0.5) is 4.39 Å². The zero-order chi connectivity index (χ0) is 11.5. The van der Waals surface area contributed by atoms with Gasteiger partial charge in [0.25, 0.3) is 5.56 Å². The molecule has 1 N–H and O–H groups in total. The molecule has 0 atom stereocenters. The van der Waals surface area contributed by atoms with Crippen LogP contribution in [0, 0.1) is 5.82 Å². The van der Waals surface area contributed by atoms with Crippen LogP contribution in [0.5, 0.6) is 0 Å². The van der Waals surface area contributed by atoms with Crippen LogP contribution in [-0.2, 0) is 6.42 Å². The van der Waals surface area contributed by atoms with Crippen LogP contribution in [0.15, 0.2) is 35.1 Å². The number of halogens is 1. The van der Waals surface area contributed by atoms with Gasteiger partial charge in [-0.3, -0.25) is 4.79 Å². The van der Waals surface area contributed by atoms with E-state index < -0.39 is 0 Å². The van der Waals surface area contributed by atoms with Crippen LogP contribution in [0.25, 0.3) is 11.4 Å². The number of H-pyrrole nitrogens is 1. The lowest BCUT2D eigenvalue weighted by Gasteiger charge is -2.02. The van der Waals surface area contributed by atoms with E-state index in [0.717, 1.165) is 5.69 Å². The summed E-state index contributed by atoms with van der Waals surface area (Å²) in [4.78, 5) is 18.2. The van der Waals surface area contributed by atoms with Crippen LogP contribution in [0.1, 0.15) is 12.6 Å². The quantitative estimate of drug-likeness (QED) is 0.839. The molecule has 0 unspecified atom stereocenters. The Morgan fingerprint density at radius 3 is 2.62 bits per heavy atom. The molecule has 4 heteroatoms. The van der Waals surface area contributed by atoms with Crippen molar-refractivity contribution in [3.8, 4) is 11.4 Å². The van der Waals surface area contributed by atoms with Crippen molar-refractivity contribution >= 4 is 0 Å². The predicted molar refractivity (Wildman–Crippen MR) is 59.6 cm³/mol. The Balaban J connectivity index is 2.51. The van der Waals surface area contributed by atoms with Gasteiger partial charge in [0, 0.05) is 17.3 Å². The number of aromatic nitrogens is 2. The first-order valence-electron chi connectivity index (χ1n) is 5.05. The second-order valence-electron chi connectivity index (χ2n) is 3.45. The summed E-state index contributed by atoms with van der Waals surface area (Å²) < 4.78 is 12.7. The SMILES string of the molecule is CCc1cc(=O)[nH]c(-c2ccc(F)cc2)n1. The largest absolute Gasteiger partial charge is 0.307 e.